The number of amides is 2. The Kier molecular flexibility index (Phi) is 4.96. The van der Waals surface area contributed by atoms with Gasteiger partial charge < -0.3 is 15.4 Å². The summed E-state index contributed by atoms with van der Waals surface area (Å²) in [5.41, 5.74) is -0.0455. The lowest BCUT2D eigenvalue weighted by Crippen LogP contribution is -2.38. The smallest absolute Gasteiger partial charge is 0.343 e. The van der Waals surface area contributed by atoms with Gasteiger partial charge in [0.1, 0.15) is 17.3 Å². The highest BCUT2D eigenvalue weighted by molar-refractivity contribution is 6.09. The monoisotopic (exact) mass is 336 g/mol. The number of nitrogens with zero attached hydrogens (tertiary/aromatic N) is 2. The van der Waals surface area contributed by atoms with Crippen LogP contribution in [0, 0.1) is 17.3 Å². The maximum Gasteiger partial charge on any atom is 0.343 e. The molecule has 0 bridgehead atoms. The summed E-state index contributed by atoms with van der Waals surface area (Å²) in [6.45, 7) is 8.35. The first-order valence-corrected chi connectivity index (χ1v) is 7.94. The lowest BCUT2D eigenvalue weighted by molar-refractivity contribution is -0.132. The van der Waals surface area contributed by atoms with Crippen molar-refractivity contribution in [1.29, 1.82) is 0 Å². The van der Waals surface area contributed by atoms with Gasteiger partial charge in [0, 0.05) is 19.5 Å². The molecule has 24 heavy (non-hydrogen) atoms. The first-order chi connectivity index (χ1) is 11.2. The van der Waals surface area contributed by atoms with Crippen molar-refractivity contribution in [2.24, 2.45) is 24.3 Å². The molecule has 0 aliphatic carbocycles. The molecule has 0 saturated carbocycles. The SMILES string of the molecule is CCOC(=O)c1cnn(C)c1NC(=O)[C@H]1C(=O)NC[C@H]1C(C)(C)C. The van der Waals surface area contributed by atoms with Crippen LogP contribution in [0.2, 0.25) is 0 Å². The molecule has 1 fully saturated rings. The van der Waals surface area contributed by atoms with Gasteiger partial charge in [-0.05, 0) is 12.3 Å². The molecule has 0 radical (unpaired) electrons. The number of aryl methyl sites for hydroxylation is 1. The molecule has 2 rings (SSSR count). The van der Waals surface area contributed by atoms with E-state index < -0.39 is 17.8 Å². The van der Waals surface area contributed by atoms with Gasteiger partial charge in [0.15, 0.2) is 0 Å². The van der Waals surface area contributed by atoms with Crippen molar-refractivity contribution in [3.8, 4) is 0 Å². The summed E-state index contributed by atoms with van der Waals surface area (Å²) in [6.07, 6.45) is 1.34. The Bertz CT molecular complexity index is 660. The van der Waals surface area contributed by atoms with Crippen LogP contribution < -0.4 is 10.6 Å². The summed E-state index contributed by atoms with van der Waals surface area (Å²) in [7, 11) is 1.61. The van der Waals surface area contributed by atoms with E-state index >= 15 is 0 Å². The van der Waals surface area contributed by atoms with Gasteiger partial charge in [0.05, 0.1) is 12.8 Å². The molecule has 1 aromatic rings. The Morgan fingerprint density at radius 1 is 1.46 bits per heavy atom. The van der Waals surface area contributed by atoms with Crippen molar-refractivity contribution in [2.45, 2.75) is 27.7 Å². The van der Waals surface area contributed by atoms with Gasteiger partial charge in [-0.15, -0.1) is 0 Å². The zero-order valence-corrected chi connectivity index (χ0v) is 14.7. The first-order valence-electron chi connectivity index (χ1n) is 7.94. The zero-order chi connectivity index (χ0) is 18.1. The molecule has 2 heterocycles. The average Bonchev–Trinajstić information content (AvgIpc) is 3.03. The predicted molar refractivity (Wildman–Crippen MR) is 87.2 cm³/mol. The van der Waals surface area contributed by atoms with E-state index in [0.717, 1.165) is 0 Å². The van der Waals surface area contributed by atoms with E-state index in [2.05, 4.69) is 15.7 Å². The number of aromatic nitrogens is 2. The molecule has 0 aromatic carbocycles. The van der Waals surface area contributed by atoms with Gasteiger partial charge in [0.25, 0.3) is 0 Å². The molecular weight excluding hydrogens is 312 g/mol. The van der Waals surface area contributed by atoms with Crippen molar-refractivity contribution in [2.75, 3.05) is 18.5 Å². The summed E-state index contributed by atoms with van der Waals surface area (Å²) in [4.78, 5) is 36.8. The van der Waals surface area contributed by atoms with Crippen LogP contribution in [-0.2, 0) is 21.4 Å². The molecule has 1 aromatic heterocycles. The van der Waals surface area contributed by atoms with Gasteiger partial charge in [-0.3, -0.25) is 14.3 Å². The Morgan fingerprint density at radius 2 is 2.12 bits per heavy atom. The second kappa shape index (κ2) is 6.62. The molecule has 8 nitrogen and oxygen atoms in total. The number of esters is 1. The van der Waals surface area contributed by atoms with Gasteiger partial charge in [-0.25, -0.2) is 4.79 Å². The minimum absolute atomic E-state index is 0.135. The van der Waals surface area contributed by atoms with Crippen LogP contribution >= 0.6 is 0 Å². The summed E-state index contributed by atoms with van der Waals surface area (Å²) in [5, 5.41) is 9.40. The van der Waals surface area contributed by atoms with Crippen LogP contribution in [0.15, 0.2) is 6.20 Å². The molecule has 2 atom stereocenters. The molecule has 1 aliphatic rings. The van der Waals surface area contributed by atoms with Crippen molar-refractivity contribution in [3.05, 3.63) is 11.8 Å². The largest absolute Gasteiger partial charge is 0.462 e. The Labute approximate surface area is 140 Å². The van der Waals surface area contributed by atoms with Crippen LogP contribution in [0.25, 0.3) is 0 Å². The second-order valence-electron chi connectivity index (χ2n) is 6.94. The summed E-state index contributed by atoms with van der Waals surface area (Å²) >= 11 is 0. The number of anilines is 1. The summed E-state index contributed by atoms with van der Waals surface area (Å²) < 4.78 is 6.34. The van der Waals surface area contributed by atoms with Crippen molar-refractivity contribution < 1.29 is 19.1 Å². The van der Waals surface area contributed by atoms with E-state index in [0.29, 0.717) is 6.54 Å². The highest BCUT2D eigenvalue weighted by Gasteiger charge is 2.46. The number of hydrogen-bond donors (Lipinski definition) is 2. The van der Waals surface area contributed by atoms with E-state index in [1.807, 2.05) is 20.8 Å². The average molecular weight is 336 g/mol. The highest BCUT2D eigenvalue weighted by Crippen LogP contribution is 2.35. The minimum atomic E-state index is -0.810. The summed E-state index contributed by atoms with van der Waals surface area (Å²) in [5.74, 6) is -2.03. The summed E-state index contributed by atoms with van der Waals surface area (Å²) in [6, 6.07) is 0. The van der Waals surface area contributed by atoms with Crippen LogP contribution in [0.5, 0.6) is 0 Å². The van der Waals surface area contributed by atoms with E-state index in [1.165, 1.54) is 10.9 Å². The zero-order valence-electron chi connectivity index (χ0n) is 14.7. The molecule has 1 saturated heterocycles. The van der Waals surface area contributed by atoms with E-state index in [4.69, 9.17) is 4.74 Å². The number of hydrogen-bond acceptors (Lipinski definition) is 5. The molecular formula is C16H24N4O4. The fraction of sp³-hybridized carbons (Fsp3) is 0.625. The molecule has 2 N–H and O–H groups in total. The molecule has 0 spiro atoms. The lowest BCUT2D eigenvalue weighted by atomic mass is 9.74. The van der Waals surface area contributed by atoms with Crippen LogP contribution in [0.1, 0.15) is 38.1 Å². The maximum absolute atomic E-state index is 12.7. The topological polar surface area (TPSA) is 102 Å². The standard InChI is InChI=1S/C16H24N4O4/c1-6-24-15(23)9-7-18-20(5)12(9)19-14(22)11-10(16(2,3)4)8-17-13(11)21/h7,10-11H,6,8H2,1-5H3,(H,17,21)(H,19,22)/t10-,11-/m1/s1. The number of rotatable bonds is 4. The lowest BCUT2D eigenvalue weighted by Gasteiger charge is -2.29. The van der Waals surface area contributed by atoms with E-state index in [9.17, 15) is 14.4 Å². The number of nitrogens with one attached hydrogen (secondary N) is 2. The van der Waals surface area contributed by atoms with Crippen molar-refractivity contribution >= 4 is 23.6 Å². The normalized spacial score (nSPS) is 20.6. The van der Waals surface area contributed by atoms with Crippen LogP contribution in [0.4, 0.5) is 5.82 Å². The van der Waals surface area contributed by atoms with E-state index in [-0.39, 0.29) is 35.2 Å². The number of carbonyl (C=O) groups is 3. The van der Waals surface area contributed by atoms with Gasteiger partial charge in [0.2, 0.25) is 11.8 Å². The van der Waals surface area contributed by atoms with E-state index in [1.54, 1.807) is 14.0 Å². The molecule has 2 amide bonds. The third kappa shape index (κ3) is 3.42. The predicted octanol–water partition coefficient (Wildman–Crippen LogP) is 0.944. The van der Waals surface area contributed by atoms with Crippen LogP contribution in [-0.4, -0.2) is 40.7 Å². The maximum atomic E-state index is 12.7. The molecule has 1 aliphatic heterocycles. The van der Waals surface area contributed by atoms with Crippen molar-refractivity contribution in [1.82, 2.24) is 15.1 Å². The fourth-order valence-electron chi connectivity index (χ4n) is 2.87. The molecule has 132 valence electrons. The quantitative estimate of drug-likeness (QED) is 0.629. The second-order valence-corrected chi connectivity index (χ2v) is 6.94. The fourth-order valence-corrected chi connectivity index (χ4v) is 2.87. The number of carbonyl (C=O) groups excluding carboxylic acids is 3. The Morgan fingerprint density at radius 3 is 2.71 bits per heavy atom. The molecule has 8 heteroatoms. The first kappa shape index (κ1) is 18.0. The van der Waals surface area contributed by atoms with Gasteiger partial charge in [-0.2, -0.15) is 5.10 Å². The highest BCUT2D eigenvalue weighted by atomic mass is 16.5. The van der Waals surface area contributed by atoms with Gasteiger partial charge >= 0.3 is 5.97 Å². The Hall–Kier alpha value is -2.38. The third-order valence-electron chi connectivity index (χ3n) is 4.25. The minimum Gasteiger partial charge on any atom is -0.462 e. The van der Waals surface area contributed by atoms with Gasteiger partial charge in [-0.1, -0.05) is 20.8 Å². The van der Waals surface area contributed by atoms with Crippen LogP contribution in [0.3, 0.4) is 0 Å². The Balaban J connectivity index is 2.25. The number of ether oxygens (including phenoxy) is 1. The third-order valence-corrected chi connectivity index (χ3v) is 4.25. The molecule has 0 unspecified atom stereocenters. The van der Waals surface area contributed by atoms with Crippen molar-refractivity contribution in [3.63, 3.8) is 0 Å².